The van der Waals surface area contributed by atoms with Crippen LogP contribution in [0.25, 0.3) is 5.65 Å². The standard InChI is InChI=1S/C17H16N6O4/c24-22(25)13-6-7-14(15(10-13)23(26)27)20-8-3-4-12(11-20)17-19-18-16-5-1-2-9-21(16)17/h1-2,5-7,9-10,12H,3-4,8,11H2. The summed E-state index contributed by atoms with van der Waals surface area (Å²) in [5, 5.41) is 30.9. The van der Waals surface area contributed by atoms with E-state index in [1.807, 2.05) is 33.7 Å². The molecule has 3 heterocycles. The molecule has 1 aliphatic rings. The molecule has 3 aromatic rings. The molecule has 0 spiro atoms. The summed E-state index contributed by atoms with van der Waals surface area (Å²) in [6, 6.07) is 9.45. The summed E-state index contributed by atoms with van der Waals surface area (Å²) in [7, 11) is 0. The Labute approximate surface area is 153 Å². The van der Waals surface area contributed by atoms with Crippen LogP contribution >= 0.6 is 0 Å². The van der Waals surface area contributed by atoms with Gasteiger partial charge in [-0.3, -0.25) is 24.6 Å². The molecule has 0 radical (unpaired) electrons. The third-order valence-corrected chi connectivity index (χ3v) is 4.83. The Morgan fingerprint density at radius 3 is 2.70 bits per heavy atom. The highest BCUT2D eigenvalue weighted by molar-refractivity contribution is 5.67. The minimum absolute atomic E-state index is 0.0611. The van der Waals surface area contributed by atoms with Gasteiger partial charge in [0.2, 0.25) is 0 Å². The van der Waals surface area contributed by atoms with Crippen LogP contribution in [0.3, 0.4) is 0 Å². The highest BCUT2D eigenvalue weighted by Gasteiger charge is 2.30. The van der Waals surface area contributed by atoms with Crippen molar-refractivity contribution in [2.75, 3.05) is 18.0 Å². The molecule has 0 saturated carbocycles. The number of nitrogens with zero attached hydrogens (tertiary/aromatic N) is 6. The second-order valence-electron chi connectivity index (χ2n) is 6.46. The van der Waals surface area contributed by atoms with Crippen LogP contribution in [0.1, 0.15) is 24.6 Å². The van der Waals surface area contributed by atoms with Crippen LogP contribution in [0.5, 0.6) is 0 Å². The molecule has 4 rings (SSSR count). The van der Waals surface area contributed by atoms with E-state index in [9.17, 15) is 20.2 Å². The Kier molecular flexibility index (Phi) is 4.15. The lowest BCUT2D eigenvalue weighted by Crippen LogP contribution is -2.35. The Hall–Kier alpha value is -3.56. The maximum absolute atomic E-state index is 11.5. The van der Waals surface area contributed by atoms with E-state index >= 15 is 0 Å². The van der Waals surface area contributed by atoms with Crippen LogP contribution in [0.4, 0.5) is 17.1 Å². The molecule has 1 fully saturated rings. The van der Waals surface area contributed by atoms with E-state index in [0.29, 0.717) is 18.8 Å². The molecule has 0 bridgehead atoms. The van der Waals surface area contributed by atoms with E-state index in [1.54, 1.807) is 0 Å². The Balaban J connectivity index is 1.67. The van der Waals surface area contributed by atoms with Crippen molar-refractivity contribution in [3.05, 3.63) is 68.6 Å². The van der Waals surface area contributed by atoms with Gasteiger partial charge in [0.25, 0.3) is 11.4 Å². The average molecular weight is 368 g/mol. The maximum atomic E-state index is 11.5. The number of fused-ring (bicyclic) bond motifs is 1. The Morgan fingerprint density at radius 2 is 1.93 bits per heavy atom. The number of pyridine rings is 1. The Bertz CT molecular complexity index is 1030. The van der Waals surface area contributed by atoms with Gasteiger partial charge in [-0.15, -0.1) is 10.2 Å². The number of aromatic nitrogens is 3. The number of non-ortho nitro benzene ring substituents is 1. The molecule has 0 amide bonds. The van der Waals surface area contributed by atoms with Crippen molar-refractivity contribution in [1.29, 1.82) is 0 Å². The first-order chi connectivity index (χ1) is 13.0. The number of nitro benzene ring substituents is 2. The predicted octanol–water partition coefficient (Wildman–Crippen LogP) is 2.93. The molecule has 1 unspecified atom stereocenters. The fraction of sp³-hybridized carbons (Fsp3) is 0.294. The lowest BCUT2D eigenvalue weighted by atomic mass is 9.96. The summed E-state index contributed by atoms with van der Waals surface area (Å²) in [4.78, 5) is 23.1. The summed E-state index contributed by atoms with van der Waals surface area (Å²) >= 11 is 0. The van der Waals surface area contributed by atoms with Gasteiger partial charge in [0.15, 0.2) is 5.65 Å². The average Bonchev–Trinajstić information content (AvgIpc) is 3.11. The maximum Gasteiger partial charge on any atom is 0.299 e. The summed E-state index contributed by atoms with van der Waals surface area (Å²) in [6.07, 6.45) is 3.63. The van der Waals surface area contributed by atoms with Crippen molar-refractivity contribution in [2.24, 2.45) is 0 Å². The number of piperidine rings is 1. The summed E-state index contributed by atoms with van der Waals surface area (Å²) in [6.45, 7) is 1.18. The first-order valence-electron chi connectivity index (χ1n) is 8.52. The zero-order chi connectivity index (χ0) is 19.0. The van der Waals surface area contributed by atoms with E-state index in [1.165, 1.54) is 12.1 Å². The van der Waals surface area contributed by atoms with Gasteiger partial charge in [-0.1, -0.05) is 6.07 Å². The first kappa shape index (κ1) is 16.9. The van der Waals surface area contributed by atoms with Gasteiger partial charge >= 0.3 is 0 Å². The molecular weight excluding hydrogens is 352 g/mol. The van der Waals surface area contributed by atoms with Crippen LogP contribution in [0.2, 0.25) is 0 Å². The van der Waals surface area contributed by atoms with Gasteiger partial charge < -0.3 is 4.90 Å². The minimum atomic E-state index is -0.627. The second-order valence-corrected chi connectivity index (χ2v) is 6.46. The lowest BCUT2D eigenvalue weighted by molar-refractivity contribution is -0.393. The van der Waals surface area contributed by atoms with Gasteiger partial charge in [0.05, 0.1) is 15.9 Å². The zero-order valence-electron chi connectivity index (χ0n) is 14.3. The smallest absolute Gasteiger partial charge is 0.299 e. The molecule has 0 N–H and O–H groups in total. The number of anilines is 1. The molecular formula is C17H16N6O4. The number of hydrogen-bond acceptors (Lipinski definition) is 7. The van der Waals surface area contributed by atoms with Crippen molar-refractivity contribution in [1.82, 2.24) is 14.6 Å². The summed E-state index contributed by atoms with van der Waals surface area (Å²) < 4.78 is 1.93. The molecule has 1 aliphatic heterocycles. The van der Waals surface area contributed by atoms with Crippen LogP contribution < -0.4 is 4.90 Å². The molecule has 0 aliphatic carbocycles. The summed E-state index contributed by atoms with van der Waals surface area (Å²) in [5.74, 6) is 0.880. The quantitative estimate of drug-likeness (QED) is 0.513. The molecule has 2 aromatic heterocycles. The third kappa shape index (κ3) is 3.05. The number of rotatable bonds is 4. The third-order valence-electron chi connectivity index (χ3n) is 4.83. The first-order valence-corrected chi connectivity index (χ1v) is 8.52. The molecule has 10 nitrogen and oxygen atoms in total. The van der Waals surface area contributed by atoms with Crippen molar-refractivity contribution >= 4 is 22.7 Å². The normalized spacial score (nSPS) is 17.2. The molecule has 138 valence electrons. The highest BCUT2D eigenvalue weighted by Crippen LogP contribution is 2.36. The second kappa shape index (κ2) is 6.63. The van der Waals surface area contributed by atoms with Gasteiger partial charge in [-0.05, 0) is 31.0 Å². The monoisotopic (exact) mass is 368 g/mol. The lowest BCUT2D eigenvalue weighted by Gasteiger charge is -2.33. The molecule has 27 heavy (non-hydrogen) atoms. The van der Waals surface area contributed by atoms with Crippen molar-refractivity contribution in [3.63, 3.8) is 0 Å². The van der Waals surface area contributed by atoms with Crippen LogP contribution in [0, 0.1) is 20.2 Å². The van der Waals surface area contributed by atoms with Gasteiger partial charge in [-0.25, -0.2) is 0 Å². The van der Waals surface area contributed by atoms with Crippen LogP contribution in [-0.2, 0) is 0 Å². The zero-order valence-corrected chi connectivity index (χ0v) is 14.3. The van der Waals surface area contributed by atoms with Gasteiger partial charge in [0.1, 0.15) is 11.5 Å². The van der Waals surface area contributed by atoms with E-state index < -0.39 is 9.85 Å². The van der Waals surface area contributed by atoms with Crippen LogP contribution in [0.15, 0.2) is 42.6 Å². The van der Waals surface area contributed by atoms with Gasteiger partial charge in [0, 0.05) is 31.3 Å². The van der Waals surface area contributed by atoms with Crippen molar-refractivity contribution < 1.29 is 9.85 Å². The van der Waals surface area contributed by atoms with E-state index in [4.69, 9.17) is 0 Å². The number of nitro groups is 2. The van der Waals surface area contributed by atoms with Crippen LogP contribution in [-0.4, -0.2) is 37.5 Å². The molecule has 1 atom stereocenters. The molecule has 1 saturated heterocycles. The van der Waals surface area contributed by atoms with E-state index in [2.05, 4.69) is 10.2 Å². The Morgan fingerprint density at radius 1 is 1.07 bits per heavy atom. The van der Waals surface area contributed by atoms with E-state index in [-0.39, 0.29) is 17.3 Å². The molecule has 10 heteroatoms. The van der Waals surface area contributed by atoms with E-state index in [0.717, 1.165) is 30.4 Å². The number of hydrogen-bond donors (Lipinski definition) is 0. The topological polar surface area (TPSA) is 120 Å². The van der Waals surface area contributed by atoms with Gasteiger partial charge in [-0.2, -0.15) is 0 Å². The number of benzene rings is 1. The minimum Gasteiger partial charge on any atom is -0.365 e. The van der Waals surface area contributed by atoms with Crippen molar-refractivity contribution in [2.45, 2.75) is 18.8 Å². The van der Waals surface area contributed by atoms with Crippen molar-refractivity contribution in [3.8, 4) is 0 Å². The highest BCUT2D eigenvalue weighted by atomic mass is 16.6. The SMILES string of the molecule is O=[N+]([O-])c1ccc(N2CCCC(c3nnc4ccccn34)C2)c([N+](=O)[O-])c1. The largest absolute Gasteiger partial charge is 0.365 e. The fourth-order valence-electron chi connectivity index (χ4n) is 3.58. The predicted molar refractivity (Wildman–Crippen MR) is 96.9 cm³/mol. The summed E-state index contributed by atoms with van der Waals surface area (Å²) in [5.41, 5.74) is 0.605. The molecule has 1 aromatic carbocycles. The fourth-order valence-corrected chi connectivity index (χ4v) is 3.58.